The average molecular weight is 422 g/mol. The summed E-state index contributed by atoms with van der Waals surface area (Å²) in [5.41, 5.74) is 1.05. The van der Waals surface area contributed by atoms with Crippen LogP contribution in [-0.4, -0.2) is 85.5 Å². The third kappa shape index (κ3) is 4.50. The lowest BCUT2D eigenvalue weighted by Gasteiger charge is -2.42. The van der Waals surface area contributed by atoms with Crippen LogP contribution >= 0.6 is 0 Å². The van der Waals surface area contributed by atoms with E-state index in [2.05, 4.69) is 17.0 Å². The van der Waals surface area contributed by atoms with Crippen LogP contribution < -0.4 is 0 Å². The predicted molar refractivity (Wildman–Crippen MR) is 120 cm³/mol. The molecule has 2 aromatic carbocycles. The molecule has 2 aliphatic rings. The number of hydrogen-bond donors (Lipinski definition) is 0. The van der Waals surface area contributed by atoms with Gasteiger partial charge in [0.15, 0.2) is 5.60 Å². The summed E-state index contributed by atoms with van der Waals surface area (Å²) in [6.45, 7) is 3.24. The highest BCUT2D eigenvalue weighted by atomic mass is 16.5. The Hall–Kier alpha value is -2.70. The van der Waals surface area contributed by atoms with E-state index in [4.69, 9.17) is 4.74 Å². The van der Waals surface area contributed by atoms with Crippen LogP contribution in [-0.2, 0) is 20.7 Å². The fourth-order valence-corrected chi connectivity index (χ4v) is 4.62. The summed E-state index contributed by atoms with van der Waals surface area (Å²) < 4.78 is 6.27. The van der Waals surface area contributed by atoms with Crippen molar-refractivity contribution in [2.45, 2.75) is 17.9 Å². The van der Waals surface area contributed by atoms with E-state index in [1.807, 2.05) is 72.4 Å². The number of rotatable bonds is 6. The minimum Gasteiger partial charge on any atom is -0.361 e. The summed E-state index contributed by atoms with van der Waals surface area (Å²) >= 11 is 0. The zero-order valence-corrected chi connectivity index (χ0v) is 18.4. The van der Waals surface area contributed by atoms with Gasteiger partial charge in [0.1, 0.15) is 0 Å². The molecule has 2 aromatic rings. The van der Waals surface area contributed by atoms with Crippen molar-refractivity contribution in [2.24, 2.45) is 0 Å². The maximum absolute atomic E-state index is 13.6. The lowest BCUT2D eigenvalue weighted by Crippen LogP contribution is -2.59. The maximum atomic E-state index is 13.6. The van der Waals surface area contributed by atoms with E-state index < -0.39 is 5.60 Å². The Balaban J connectivity index is 1.59. The molecule has 0 N–H and O–H groups in total. The summed E-state index contributed by atoms with van der Waals surface area (Å²) in [5.74, 6) is -0.0590. The summed E-state index contributed by atoms with van der Waals surface area (Å²) in [5, 5.41) is 0. The fraction of sp³-hybridized carbons (Fsp3) is 0.440. The molecular formula is C25H31N3O3. The molecule has 4 rings (SSSR count). The van der Waals surface area contributed by atoms with E-state index in [1.165, 1.54) is 0 Å². The van der Waals surface area contributed by atoms with Gasteiger partial charge in [-0.1, -0.05) is 60.7 Å². The number of likely N-dealkylation sites (tertiary alicyclic amines) is 1. The van der Waals surface area contributed by atoms with Gasteiger partial charge in [-0.2, -0.15) is 0 Å². The number of carbonyl (C=O) groups is 2. The van der Waals surface area contributed by atoms with Crippen LogP contribution in [0.5, 0.6) is 0 Å². The molecule has 0 aliphatic carbocycles. The van der Waals surface area contributed by atoms with Crippen LogP contribution in [0.4, 0.5) is 0 Å². The third-order valence-electron chi connectivity index (χ3n) is 6.33. The molecule has 6 nitrogen and oxygen atoms in total. The molecule has 31 heavy (non-hydrogen) atoms. The highest BCUT2D eigenvalue weighted by Crippen LogP contribution is 2.42. The van der Waals surface area contributed by atoms with E-state index in [0.717, 1.165) is 17.7 Å². The third-order valence-corrected chi connectivity index (χ3v) is 6.33. The molecular weight excluding hydrogens is 390 g/mol. The number of likely N-dealkylation sites (N-methyl/N-ethyl adjacent to an activating group) is 1. The lowest BCUT2D eigenvalue weighted by molar-refractivity contribution is -0.167. The van der Waals surface area contributed by atoms with Gasteiger partial charge in [0.05, 0.1) is 19.6 Å². The SMILES string of the molecule is CN(C)CCN1C[C@H](c2ccccc2)[C@]2(CN(C(=O)Cc3ccccc3)CCO2)C1=O. The zero-order valence-electron chi connectivity index (χ0n) is 18.4. The van der Waals surface area contributed by atoms with Crippen molar-refractivity contribution >= 4 is 11.8 Å². The highest BCUT2D eigenvalue weighted by molar-refractivity contribution is 5.91. The summed E-state index contributed by atoms with van der Waals surface area (Å²) in [6, 6.07) is 19.8. The van der Waals surface area contributed by atoms with Crippen molar-refractivity contribution in [1.82, 2.24) is 14.7 Å². The standard InChI is InChI=1S/C25H31N3O3/c1-26(2)13-14-27-18-22(21-11-7-4-8-12-21)25(24(27)30)19-28(15-16-31-25)23(29)17-20-9-5-3-6-10-20/h3-12,22H,13-19H2,1-2H3/t22-,25-/m1/s1. The Bertz CT molecular complexity index is 903. The first-order chi connectivity index (χ1) is 15.0. The van der Waals surface area contributed by atoms with Crippen molar-refractivity contribution in [3.05, 3.63) is 71.8 Å². The Kier molecular flexibility index (Phi) is 6.39. The van der Waals surface area contributed by atoms with Crippen molar-refractivity contribution < 1.29 is 14.3 Å². The van der Waals surface area contributed by atoms with Crippen molar-refractivity contribution in [3.8, 4) is 0 Å². The molecule has 6 heteroatoms. The molecule has 1 spiro atoms. The molecule has 2 heterocycles. The molecule has 0 radical (unpaired) electrons. The smallest absolute Gasteiger partial charge is 0.257 e. The summed E-state index contributed by atoms with van der Waals surface area (Å²) in [6.07, 6.45) is 0.339. The van der Waals surface area contributed by atoms with Crippen LogP contribution in [0.2, 0.25) is 0 Å². The lowest BCUT2D eigenvalue weighted by atomic mass is 9.83. The minimum atomic E-state index is -1.02. The van der Waals surface area contributed by atoms with Crippen molar-refractivity contribution in [1.29, 1.82) is 0 Å². The van der Waals surface area contributed by atoms with Crippen molar-refractivity contribution in [3.63, 3.8) is 0 Å². The molecule has 2 atom stereocenters. The predicted octanol–water partition coefficient (Wildman–Crippen LogP) is 2.01. The van der Waals surface area contributed by atoms with Crippen LogP contribution in [0.3, 0.4) is 0 Å². The molecule has 0 bridgehead atoms. The molecule has 2 amide bonds. The molecule has 0 unspecified atom stereocenters. The number of morpholine rings is 1. The molecule has 2 aliphatic heterocycles. The molecule has 0 aromatic heterocycles. The van der Waals surface area contributed by atoms with Gasteiger partial charge < -0.3 is 19.4 Å². The number of hydrogen-bond acceptors (Lipinski definition) is 4. The second kappa shape index (κ2) is 9.20. The summed E-state index contributed by atoms with van der Waals surface area (Å²) in [7, 11) is 4.01. The first-order valence-electron chi connectivity index (χ1n) is 10.9. The van der Waals surface area contributed by atoms with Gasteiger partial charge in [-0.15, -0.1) is 0 Å². The van der Waals surface area contributed by atoms with Gasteiger partial charge in [-0.25, -0.2) is 0 Å². The monoisotopic (exact) mass is 421 g/mol. The van der Waals surface area contributed by atoms with Crippen LogP contribution in [0, 0.1) is 0 Å². The quantitative estimate of drug-likeness (QED) is 0.716. The molecule has 0 saturated carbocycles. The Morgan fingerprint density at radius 2 is 1.77 bits per heavy atom. The normalized spacial score (nSPS) is 23.7. The van der Waals surface area contributed by atoms with Gasteiger partial charge in [-0.3, -0.25) is 9.59 Å². The first kappa shape index (κ1) is 21.5. The Morgan fingerprint density at radius 3 is 2.45 bits per heavy atom. The zero-order chi connectivity index (χ0) is 21.8. The number of carbonyl (C=O) groups excluding carboxylic acids is 2. The van der Waals surface area contributed by atoms with Gasteiger partial charge in [0, 0.05) is 32.1 Å². The fourth-order valence-electron chi connectivity index (χ4n) is 4.62. The number of benzene rings is 2. The van der Waals surface area contributed by atoms with Gasteiger partial charge >= 0.3 is 0 Å². The largest absolute Gasteiger partial charge is 0.361 e. The van der Waals surface area contributed by atoms with Crippen LogP contribution in [0.25, 0.3) is 0 Å². The topological polar surface area (TPSA) is 53.1 Å². The minimum absolute atomic E-state index is 0.000383. The average Bonchev–Trinajstić information content (AvgIpc) is 3.05. The van der Waals surface area contributed by atoms with Gasteiger partial charge in [0.2, 0.25) is 5.91 Å². The molecule has 2 saturated heterocycles. The van der Waals surface area contributed by atoms with Gasteiger partial charge in [-0.05, 0) is 25.2 Å². The van der Waals surface area contributed by atoms with Crippen LogP contribution in [0.1, 0.15) is 17.0 Å². The second-order valence-corrected chi connectivity index (χ2v) is 8.73. The maximum Gasteiger partial charge on any atom is 0.257 e. The van der Waals surface area contributed by atoms with E-state index >= 15 is 0 Å². The van der Waals surface area contributed by atoms with E-state index in [1.54, 1.807) is 0 Å². The number of ether oxygens (including phenoxy) is 1. The van der Waals surface area contributed by atoms with E-state index in [9.17, 15) is 9.59 Å². The Morgan fingerprint density at radius 1 is 1.10 bits per heavy atom. The van der Waals surface area contributed by atoms with E-state index in [0.29, 0.717) is 39.2 Å². The number of amides is 2. The highest BCUT2D eigenvalue weighted by Gasteiger charge is 2.58. The van der Waals surface area contributed by atoms with Gasteiger partial charge in [0.25, 0.3) is 5.91 Å². The van der Waals surface area contributed by atoms with Crippen LogP contribution in [0.15, 0.2) is 60.7 Å². The number of nitrogens with zero attached hydrogens (tertiary/aromatic N) is 3. The van der Waals surface area contributed by atoms with Crippen molar-refractivity contribution in [2.75, 3.05) is 53.4 Å². The second-order valence-electron chi connectivity index (χ2n) is 8.73. The van der Waals surface area contributed by atoms with E-state index in [-0.39, 0.29) is 17.7 Å². The molecule has 2 fully saturated rings. The summed E-state index contributed by atoms with van der Waals surface area (Å²) in [4.78, 5) is 32.5. The molecule has 164 valence electrons. The first-order valence-corrected chi connectivity index (χ1v) is 10.9. The Labute approximate surface area is 184 Å².